The van der Waals surface area contributed by atoms with Crippen molar-refractivity contribution < 1.29 is 14.3 Å². The second-order valence-electron chi connectivity index (χ2n) is 5.67. The van der Waals surface area contributed by atoms with Crippen LogP contribution < -0.4 is 19.7 Å². The van der Waals surface area contributed by atoms with E-state index in [0.717, 1.165) is 5.69 Å². The van der Waals surface area contributed by atoms with Crippen LogP contribution in [0.4, 0.5) is 17.2 Å². The minimum atomic E-state index is -0.386. The quantitative estimate of drug-likeness (QED) is 0.721. The van der Waals surface area contributed by atoms with Gasteiger partial charge < -0.3 is 19.7 Å². The Hall–Kier alpha value is -3.61. The van der Waals surface area contributed by atoms with Gasteiger partial charge in [0.05, 0.1) is 32.3 Å². The molecule has 3 aromatic rings. The Morgan fingerprint density at radius 1 is 1.00 bits per heavy atom. The standard InChI is InChI=1S/C20H20N4O3/c1-24(14-7-5-4-6-8-14)19-13-21-17(12-22-19)20(25)23-16-11-15(26-2)9-10-18(16)27-3/h4-13H,1-3H3,(H,23,25). The first-order chi connectivity index (χ1) is 13.1. The van der Waals surface area contributed by atoms with Crippen molar-refractivity contribution in [2.75, 3.05) is 31.5 Å². The molecule has 0 aliphatic rings. The molecular weight excluding hydrogens is 344 g/mol. The van der Waals surface area contributed by atoms with E-state index in [-0.39, 0.29) is 11.6 Å². The van der Waals surface area contributed by atoms with Gasteiger partial charge >= 0.3 is 0 Å². The van der Waals surface area contributed by atoms with Gasteiger partial charge in [0, 0.05) is 18.8 Å². The molecule has 0 spiro atoms. The van der Waals surface area contributed by atoms with Gasteiger partial charge in [-0.15, -0.1) is 0 Å². The number of rotatable bonds is 6. The van der Waals surface area contributed by atoms with Crippen LogP contribution in [0.15, 0.2) is 60.9 Å². The molecule has 1 N–H and O–H groups in total. The van der Waals surface area contributed by atoms with E-state index in [1.165, 1.54) is 13.3 Å². The predicted octanol–water partition coefficient (Wildman–Crippen LogP) is 3.51. The van der Waals surface area contributed by atoms with Gasteiger partial charge in [0.25, 0.3) is 5.91 Å². The van der Waals surface area contributed by atoms with Crippen molar-refractivity contribution in [3.05, 3.63) is 66.6 Å². The molecule has 0 unspecified atom stereocenters. The van der Waals surface area contributed by atoms with Crippen LogP contribution in [0, 0.1) is 0 Å². The zero-order chi connectivity index (χ0) is 19.2. The summed E-state index contributed by atoms with van der Waals surface area (Å²) in [7, 11) is 4.98. The Kier molecular flexibility index (Phi) is 5.51. The maximum Gasteiger partial charge on any atom is 0.275 e. The Balaban J connectivity index is 1.77. The number of para-hydroxylation sites is 1. The zero-order valence-electron chi connectivity index (χ0n) is 15.3. The SMILES string of the molecule is COc1ccc(OC)c(NC(=O)c2cnc(N(C)c3ccccc3)cn2)c1. The lowest BCUT2D eigenvalue weighted by atomic mass is 10.2. The topological polar surface area (TPSA) is 76.6 Å². The van der Waals surface area contributed by atoms with E-state index in [9.17, 15) is 4.79 Å². The van der Waals surface area contributed by atoms with Gasteiger partial charge in [-0.2, -0.15) is 0 Å². The maximum absolute atomic E-state index is 12.5. The molecule has 0 aliphatic heterocycles. The average molecular weight is 364 g/mol. The van der Waals surface area contributed by atoms with Gasteiger partial charge in [0.2, 0.25) is 0 Å². The van der Waals surface area contributed by atoms with E-state index < -0.39 is 0 Å². The normalized spacial score (nSPS) is 10.2. The summed E-state index contributed by atoms with van der Waals surface area (Å²) < 4.78 is 10.5. The number of benzene rings is 2. The number of carbonyl (C=O) groups excluding carboxylic acids is 1. The summed E-state index contributed by atoms with van der Waals surface area (Å²) in [5.41, 5.74) is 1.67. The molecule has 0 aliphatic carbocycles. The summed E-state index contributed by atoms with van der Waals surface area (Å²) in [5, 5.41) is 2.77. The van der Waals surface area contributed by atoms with Gasteiger partial charge in [0.1, 0.15) is 17.2 Å². The molecule has 0 fully saturated rings. The number of hydrogen-bond acceptors (Lipinski definition) is 6. The van der Waals surface area contributed by atoms with Crippen LogP contribution in [-0.4, -0.2) is 37.1 Å². The number of methoxy groups -OCH3 is 2. The molecule has 3 rings (SSSR count). The zero-order valence-corrected chi connectivity index (χ0v) is 15.3. The van der Waals surface area contributed by atoms with E-state index in [4.69, 9.17) is 9.47 Å². The number of amides is 1. The first kappa shape index (κ1) is 18.2. The summed E-state index contributed by atoms with van der Waals surface area (Å²) in [6, 6.07) is 14.9. The van der Waals surface area contributed by atoms with Crippen LogP contribution in [-0.2, 0) is 0 Å². The van der Waals surface area contributed by atoms with Crippen molar-refractivity contribution in [2.45, 2.75) is 0 Å². The fourth-order valence-electron chi connectivity index (χ4n) is 2.49. The summed E-state index contributed by atoms with van der Waals surface area (Å²) in [6.07, 6.45) is 3.00. The third kappa shape index (κ3) is 4.14. The van der Waals surface area contributed by atoms with Crippen LogP contribution in [0.3, 0.4) is 0 Å². The van der Waals surface area contributed by atoms with Crippen molar-refractivity contribution in [3.63, 3.8) is 0 Å². The van der Waals surface area contributed by atoms with E-state index in [1.54, 1.807) is 31.5 Å². The lowest BCUT2D eigenvalue weighted by molar-refractivity contribution is 0.102. The number of anilines is 3. The van der Waals surface area contributed by atoms with E-state index in [2.05, 4.69) is 15.3 Å². The number of nitrogens with one attached hydrogen (secondary N) is 1. The highest BCUT2D eigenvalue weighted by Gasteiger charge is 2.14. The van der Waals surface area contributed by atoms with Crippen molar-refractivity contribution in [3.8, 4) is 11.5 Å². The predicted molar refractivity (Wildman–Crippen MR) is 104 cm³/mol. The van der Waals surface area contributed by atoms with Gasteiger partial charge in [-0.3, -0.25) is 4.79 Å². The third-order valence-electron chi connectivity index (χ3n) is 4.01. The Bertz CT molecular complexity index is 914. The molecule has 0 atom stereocenters. The smallest absolute Gasteiger partial charge is 0.275 e. The minimum absolute atomic E-state index is 0.199. The Morgan fingerprint density at radius 2 is 1.78 bits per heavy atom. The highest BCUT2D eigenvalue weighted by atomic mass is 16.5. The summed E-state index contributed by atoms with van der Waals surface area (Å²) >= 11 is 0. The van der Waals surface area contributed by atoms with E-state index in [0.29, 0.717) is 23.0 Å². The minimum Gasteiger partial charge on any atom is -0.497 e. The Labute approximate surface area is 157 Å². The first-order valence-electron chi connectivity index (χ1n) is 8.26. The molecule has 0 saturated heterocycles. The second-order valence-corrected chi connectivity index (χ2v) is 5.67. The van der Waals surface area contributed by atoms with Crippen LogP contribution in [0.2, 0.25) is 0 Å². The molecule has 138 valence electrons. The number of nitrogens with zero attached hydrogens (tertiary/aromatic N) is 3. The number of carbonyl (C=O) groups is 1. The molecule has 1 aromatic heterocycles. The molecule has 1 amide bonds. The van der Waals surface area contributed by atoms with Crippen LogP contribution >= 0.6 is 0 Å². The first-order valence-corrected chi connectivity index (χ1v) is 8.26. The second kappa shape index (κ2) is 8.18. The average Bonchev–Trinajstić information content (AvgIpc) is 2.73. The Morgan fingerprint density at radius 3 is 2.41 bits per heavy atom. The number of hydrogen-bond donors (Lipinski definition) is 1. The molecule has 1 heterocycles. The summed E-state index contributed by atoms with van der Waals surface area (Å²) in [5.74, 6) is 1.38. The molecule has 0 saturated carbocycles. The lowest BCUT2D eigenvalue weighted by Gasteiger charge is -2.17. The highest BCUT2D eigenvalue weighted by Crippen LogP contribution is 2.29. The highest BCUT2D eigenvalue weighted by molar-refractivity contribution is 6.03. The fourth-order valence-corrected chi connectivity index (χ4v) is 2.49. The lowest BCUT2D eigenvalue weighted by Crippen LogP contribution is -2.16. The maximum atomic E-state index is 12.5. The van der Waals surface area contributed by atoms with Crippen molar-refractivity contribution in [1.82, 2.24) is 9.97 Å². The molecule has 7 nitrogen and oxygen atoms in total. The monoisotopic (exact) mass is 364 g/mol. The number of aromatic nitrogens is 2. The molecule has 0 radical (unpaired) electrons. The van der Waals surface area contributed by atoms with Crippen LogP contribution in [0.5, 0.6) is 11.5 Å². The fraction of sp³-hybridized carbons (Fsp3) is 0.150. The van der Waals surface area contributed by atoms with E-state index in [1.807, 2.05) is 42.3 Å². The van der Waals surface area contributed by atoms with Gasteiger partial charge in [-0.25, -0.2) is 9.97 Å². The molecular formula is C20H20N4O3. The van der Waals surface area contributed by atoms with Gasteiger partial charge in [-0.1, -0.05) is 18.2 Å². The third-order valence-corrected chi connectivity index (χ3v) is 4.01. The van der Waals surface area contributed by atoms with Crippen molar-refractivity contribution in [1.29, 1.82) is 0 Å². The summed E-state index contributed by atoms with van der Waals surface area (Å²) in [4.78, 5) is 23.0. The molecule has 7 heteroatoms. The van der Waals surface area contributed by atoms with E-state index >= 15 is 0 Å². The largest absolute Gasteiger partial charge is 0.497 e. The van der Waals surface area contributed by atoms with Crippen molar-refractivity contribution >= 4 is 23.1 Å². The van der Waals surface area contributed by atoms with Gasteiger partial charge in [-0.05, 0) is 24.3 Å². The summed E-state index contributed by atoms with van der Waals surface area (Å²) in [6.45, 7) is 0. The molecule has 0 bridgehead atoms. The molecule has 2 aromatic carbocycles. The number of ether oxygens (including phenoxy) is 2. The van der Waals surface area contributed by atoms with Crippen LogP contribution in [0.1, 0.15) is 10.5 Å². The molecule has 27 heavy (non-hydrogen) atoms. The van der Waals surface area contributed by atoms with Crippen molar-refractivity contribution in [2.24, 2.45) is 0 Å². The van der Waals surface area contributed by atoms with Crippen LogP contribution in [0.25, 0.3) is 0 Å². The van der Waals surface area contributed by atoms with Gasteiger partial charge in [0.15, 0.2) is 5.82 Å².